The largest absolute Gasteiger partial charge is 0.381 e. The molecule has 0 radical (unpaired) electrons. The molecule has 4 rings (SSSR count). The van der Waals surface area contributed by atoms with Gasteiger partial charge in [0.05, 0.1) is 12.2 Å². The molecule has 0 aromatic heterocycles. The van der Waals surface area contributed by atoms with E-state index in [9.17, 15) is 4.79 Å². The summed E-state index contributed by atoms with van der Waals surface area (Å²) in [4.78, 5) is 13.9. The van der Waals surface area contributed by atoms with Gasteiger partial charge in [0, 0.05) is 31.0 Å². The number of hydrogen-bond donors (Lipinski definition) is 0. The lowest BCUT2D eigenvalue weighted by molar-refractivity contribution is -0.182. The summed E-state index contributed by atoms with van der Waals surface area (Å²) in [7, 11) is 3.56. The Bertz CT molecular complexity index is 591. The van der Waals surface area contributed by atoms with Crippen molar-refractivity contribution >= 4 is 5.78 Å². The summed E-state index contributed by atoms with van der Waals surface area (Å²) in [6.07, 6.45) is 9.13. The fourth-order valence-corrected chi connectivity index (χ4v) is 8.00. The zero-order valence-electron chi connectivity index (χ0n) is 17.9. The molecule has 0 saturated heterocycles. The summed E-state index contributed by atoms with van der Waals surface area (Å²) in [5.74, 6) is 1.80. The smallest absolute Gasteiger partial charge is 0.146 e. The Morgan fingerprint density at radius 2 is 1.89 bits per heavy atom. The van der Waals surface area contributed by atoms with Crippen molar-refractivity contribution in [1.29, 1.82) is 0 Å². The molecule has 4 saturated carbocycles. The maximum Gasteiger partial charge on any atom is 0.146 e. The summed E-state index contributed by atoms with van der Waals surface area (Å²) in [5.41, 5.74) is 0.0139. The molecule has 2 unspecified atom stereocenters. The van der Waals surface area contributed by atoms with E-state index in [0.717, 1.165) is 38.0 Å². The van der Waals surface area contributed by atoms with Gasteiger partial charge in [-0.05, 0) is 62.2 Å². The van der Waals surface area contributed by atoms with Crippen LogP contribution in [0.2, 0.25) is 0 Å². The van der Waals surface area contributed by atoms with Gasteiger partial charge in [-0.25, -0.2) is 0 Å². The highest BCUT2D eigenvalue weighted by Crippen LogP contribution is 2.78. The number of methoxy groups -OCH3 is 2. The van der Waals surface area contributed by atoms with Crippen molar-refractivity contribution in [2.24, 2.45) is 34.0 Å². The van der Waals surface area contributed by atoms with Gasteiger partial charge in [0.15, 0.2) is 0 Å². The van der Waals surface area contributed by atoms with Gasteiger partial charge < -0.3 is 14.2 Å². The van der Waals surface area contributed by atoms with Crippen LogP contribution in [0, 0.1) is 34.0 Å². The Morgan fingerprint density at radius 3 is 2.56 bits per heavy atom. The Kier molecular flexibility index (Phi) is 5.01. The van der Waals surface area contributed by atoms with Crippen LogP contribution >= 0.6 is 0 Å². The summed E-state index contributed by atoms with van der Waals surface area (Å²) in [6.45, 7) is 6.97. The Morgan fingerprint density at radius 1 is 1.15 bits per heavy atom. The van der Waals surface area contributed by atoms with Gasteiger partial charge in [-0.1, -0.05) is 27.2 Å². The highest BCUT2D eigenvalue weighted by atomic mass is 16.7. The number of carbonyl (C=O) groups excluding carboxylic acids is 1. The second kappa shape index (κ2) is 6.81. The summed E-state index contributed by atoms with van der Waals surface area (Å²) in [6, 6.07) is 0. The van der Waals surface area contributed by atoms with Crippen molar-refractivity contribution in [3.8, 4) is 0 Å². The second-order valence-corrected chi connectivity index (χ2v) is 10.2. The van der Waals surface area contributed by atoms with E-state index in [4.69, 9.17) is 14.2 Å². The summed E-state index contributed by atoms with van der Waals surface area (Å²) < 4.78 is 17.7. The predicted molar refractivity (Wildman–Crippen MR) is 104 cm³/mol. The number of rotatable bonds is 6. The van der Waals surface area contributed by atoms with Gasteiger partial charge in [0.25, 0.3) is 0 Å². The van der Waals surface area contributed by atoms with Crippen molar-refractivity contribution in [3.63, 3.8) is 0 Å². The van der Waals surface area contributed by atoms with Crippen molar-refractivity contribution in [1.82, 2.24) is 0 Å². The van der Waals surface area contributed by atoms with E-state index >= 15 is 0 Å². The predicted octanol–water partition coefficient (Wildman–Crippen LogP) is 4.60. The lowest BCUT2D eigenvalue weighted by Gasteiger charge is -2.55. The highest BCUT2D eigenvalue weighted by molar-refractivity contribution is 5.87. The molecule has 27 heavy (non-hydrogen) atoms. The Balaban J connectivity index is 1.82. The molecule has 0 aliphatic heterocycles. The molecule has 0 N–H and O–H groups in total. The SMILES string of the molecule is CCC[C@]1(C)C[C@@H](OCOC)[C@]23C[C@@H]2CCC2(CC[C@@H](OC)C23)[C@@H](C)C1=O. The van der Waals surface area contributed by atoms with Gasteiger partial charge in [-0.2, -0.15) is 0 Å². The number of carbonyl (C=O) groups is 1. The highest BCUT2D eigenvalue weighted by Gasteiger charge is 2.76. The van der Waals surface area contributed by atoms with Gasteiger partial charge in [-0.3, -0.25) is 4.79 Å². The zero-order chi connectivity index (χ0) is 19.4. The quantitative estimate of drug-likeness (QED) is 0.634. The molecule has 4 aliphatic carbocycles. The molecule has 1 spiro atoms. The molecule has 8 atom stereocenters. The molecule has 0 aromatic carbocycles. The lowest BCUT2D eigenvalue weighted by atomic mass is 9.50. The first-order chi connectivity index (χ1) is 12.9. The second-order valence-electron chi connectivity index (χ2n) is 10.2. The molecule has 2 bridgehead atoms. The van der Waals surface area contributed by atoms with Crippen molar-refractivity contribution in [3.05, 3.63) is 0 Å². The molecule has 0 heterocycles. The fourth-order valence-electron chi connectivity index (χ4n) is 8.00. The third-order valence-electron chi connectivity index (χ3n) is 9.20. The van der Waals surface area contributed by atoms with E-state index < -0.39 is 0 Å². The summed E-state index contributed by atoms with van der Waals surface area (Å²) in [5, 5.41) is 0. The van der Waals surface area contributed by atoms with E-state index in [0.29, 0.717) is 18.5 Å². The first-order valence-electron chi connectivity index (χ1n) is 11.1. The first-order valence-corrected chi connectivity index (χ1v) is 11.1. The minimum absolute atomic E-state index is 0.106. The molecule has 0 amide bonds. The standard InChI is InChI=1S/C23H38O4/c1-6-9-21(3)13-18(27-14-25-4)23-12-16(23)7-10-22(15(2)20(21)24)11-8-17(26-5)19(22)23/h15-19H,6-14H2,1-5H3/t15-,16-,17+,18+,19?,21+,22?,23-/m0/s1. The lowest BCUT2D eigenvalue weighted by Crippen LogP contribution is -2.57. The van der Waals surface area contributed by atoms with Crippen molar-refractivity contribution in [2.75, 3.05) is 21.0 Å². The van der Waals surface area contributed by atoms with Gasteiger partial charge in [0.1, 0.15) is 12.6 Å². The molecule has 4 heteroatoms. The van der Waals surface area contributed by atoms with E-state index in [1.54, 1.807) is 7.11 Å². The van der Waals surface area contributed by atoms with Crippen LogP contribution in [-0.4, -0.2) is 39.0 Å². The van der Waals surface area contributed by atoms with E-state index in [1.165, 1.54) is 19.3 Å². The van der Waals surface area contributed by atoms with Crippen LogP contribution in [0.5, 0.6) is 0 Å². The van der Waals surface area contributed by atoms with Crippen LogP contribution < -0.4 is 0 Å². The number of ether oxygens (including phenoxy) is 3. The first kappa shape index (κ1) is 19.8. The number of ketones is 1. The van der Waals surface area contributed by atoms with E-state index in [1.807, 2.05) is 7.11 Å². The minimum atomic E-state index is -0.285. The molecular formula is C23H38O4. The maximum absolute atomic E-state index is 13.9. The molecule has 0 aromatic rings. The van der Waals surface area contributed by atoms with Gasteiger partial charge >= 0.3 is 0 Å². The van der Waals surface area contributed by atoms with Crippen LogP contribution in [-0.2, 0) is 19.0 Å². The van der Waals surface area contributed by atoms with Crippen LogP contribution in [0.25, 0.3) is 0 Å². The van der Waals surface area contributed by atoms with Crippen molar-refractivity contribution < 1.29 is 19.0 Å². The van der Waals surface area contributed by atoms with Crippen LogP contribution in [0.1, 0.15) is 72.1 Å². The molecule has 154 valence electrons. The van der Waals surface area contributed by atoms with Crippen LogP contribution in [0.15, 0.2) is 0 Å². The van der Waals surface area contributed by atoms with E-state index in [2.05, 4.69) is 20.8 Å². The average Bonchev–Trinajstić information content (AvgIpc) is 3.28. The van der Waals surface area contributed by atoms with Crippen LogP contribution in [0.3, 0.4) is 0 Å². The van der Waals surface area contributed by atoms with Crippen molar-refractivity contribution in [2.45, 2.75) is 84.3 Å². The molecule has 4 fully saturated rings. The van der Waals surface area contributed by atoms with E-state index in [-0.39, 0.29) is 34.4 Å². The zero-order valence-corrected chi connectivity index (χ0v) is 17.9. The monoisotopic (exact) mass is 378 g/mol. The average molecular weight is 379 g/mol. The number of Topliss-reactive ketones (excluding diaryl/α,β-unsaturated/α-hetero) is 1. The molecular weight excluding hydrogens is 340 g/mol. The van der Waals surface area contributed by atoms with Gasteiger partial charge in [0.2, 0.25) is 0 Å². The number of hydrogen-bond acceptors (Lipinski definition) is 4. The van der Waals surface area contributed by atoms with Crippen LogP contribution in [0.4, 0.5) is 0 Å². The molecule has 4 aliphatic rings. The third kappa shape index (κ3) is 2.62. The normalized spacial score (nSPS) is 51.3. The molecule has 4 nitrogen and oxygen atoms in total. The summed E-state index contributed by atoms with van der Waals surface area (Å²) >= 11 is 0. The topological polar surface area (TPSA) is 44.8 Å². The third-order valence-corrected chi connectivity index (χ3v) is 9.20. The van der Waals surface area contributed by atoms with Gasteiger partial charge in [-0.15, -0.1) is 0 Å². The minimum Gasteiger partial charge on any atom is -0.381 e. The Hall–Kier alpha value is -0.450. The maximum atomic E-state index is 13.9. The fraction of sp³-hybridized carbons (Fsp3) is 0.957. The Labute approximate surface area is 164 Å².